The van der Waals surface area contributed by atoms with Gasteiger partial charge in [-0.25, -0.2) is 4.99 Å². The molecule has 0 amide bonds. The summed E-state index contributed by atoms with van der Waals surface area (Å²) in [5.41, 5.74) is 2.05. The Morgan fingerprint density at radius 3 is 2.34 bits per heavy atom. The normalized spacial score (nSPS) is 14.2. The number of anilines is 1. The van der Waals surface area contributed by atoms with Crippen LogP contribution in [0.1, 0.15) is 17.2 Å². The van der Waals surface area contributed by atoms with Crippen LogP contribution in [-0.4, -0.2) is 56.9 Å². The summed E-state index contributed by atoms with van der Waals surface area (Å²) in [5.74, 6) is 2.94. The number of nitrogens with one attached hydrogen (secondary N) is 1. The summed E-state index contributed by atoms with van der Waals surface area (Å²) in [6.45, 7) is 6.36. The van der Waals surface area contributed by atoms with Gasteiger partial charge >= 0.3 is 0 Å². The van der Waals surface area contributed by atoms with Gasteiger partial charge in [0.15, 0.2) is 11.8 Å². The monoisotopic (exact) mass is 547 g/mol. The van der Waals surface area contributed by atoms with Gasteiger partial charge in [0.1, 0.15) is 11.6 Å². The van der Waals surface area contributed by atoms with E-state index in [0.29, 0.717) is 18.8 Å². The van der Waals surface area contributed by atoms with Crippen LogP contribution in [-0.2, 0) is 20.1 Å². The Morgan fingerprint density at radius 2 is 1.69 bits per heavy atom. The molecule has 2 aromatic carbocycles. The number of halogens is 1. The maximum absolute atomic E-state index is 10.2. The van der Waals surface area contributed by atoms with Crippen LogP contribution >= 0.6 is 24.0 Å². The summed E-state index contributed by atoms with van der Waals surface area (Å²) in [4.78, 5) is 9.37. The quantitative estimate of drug-likeness (QED) is 0.291. The molecule has 4 rings (SSSR count). The number of hydrogen-bond acceptors (Lipinski definition) is 5. The molecule has 9 heteroatoms. The number of benzene rings is 2. The summed E-state index contributed by atoms with van der Waals surface area (Å²) in [6, 6.07) is 17.8. The molecule has 0 aliphatic carbocycles. The number of rotatable bonds is 5. The van der Waals surface area contributed by atoms with E-state index >= 15 is 0 Å². The van der Waals surface area contributed by atoms with E-state index in [9.17, 15) is 5.11 Å². The van der Waals surface area contributed by atoms with Gasteiger partial charge in [0.05, 0.1) is 18.8 Å². The predicted octanol–water partition coefficient (Wildman–Crippen LogP) is 2.92. The van der Waals surface area contributed by atoms with Crippen LogP contribution in [0.3, 0.4) is 0 Å². The summed E-state index contributed by atoms with van der Waals surface area (Å²) in [7, 11) is 1.97. The standard InChI is InChI=1S/C23H29N7O.HI/c1-18-26-27-22(28(18)2)17-25-23(24-16-19-8-4-3-5-9-19)30-14-12-29(13-15-30)20-10-6-7-11-21(20)31;/h3-11,31H,12-17H2,1-2H3,(H,24,25);1H. The largest absolute Gasteiger partial charge is 0.506 e. The van der Waals surface area contributed by atoms with Gasteiger partial charge in [-0.05, 0) is 24.6 Å². The molecular weight excluding hydrogens is 517 g/mol. The smallest absolute Gasteiger partial charge is 0.194 e. The number of phenols is 1. The highest BCUT2D eigenvalue weighted by atomic mass is 127. The van der Waals surface area contributed by atoms with Crippen LogP contribution in [0.2, 0.25) is 0 Å². The van der Waals surface area contributed by atoms with Gasteiger partial charge in [0, 0.05) is 33.2 Å². The van der Waals surface area contributed by atoms with E-state index < -0.39 is 0 Å². The third-order valence-corrected chi connectivity index (χ3v) is 5.64. The Hall–Kier alpha value is -2.82. The molecule has 2 heterocycles. The summed E-state index contributed by atoms with van der Waals surface area (Å²) >= 11 is 0. The second-order valence-corrected chi connectivity index (χ2v) is 7.66. The van der Waals surface area contributed by atoms with Gasteiger partial charge in [-0.2, -0.15) is 0 Å². The zero-order valence-corrected chi connectivity index (χ0v) is 20.8. The van der Waals surface area contributed by atoms with E-state index in [1.165, 1.54) is 5.56 Å². The number of hydrogen-bond donors (Lipinski definition) is 2. The SMILES string of the molecule is Cc1nnc(CNC(=NCc2ccccc2)N2CCN(c3ccccc3O)CC2)n1C.I. The molecule has 8 nitrogen and oxygen atoms in total. The number of guanidine groups is 1. The minimum atomic E-state index is 0. The van der Waals surface area contributed by atoms with Crippen molar-refractivity contribution in [3.8, 4) is 5.75 Å². The van der Waals surface area contributed by atoms with Crippen LogP contribution < -0.4 is 10.2 Å². The van der Waals surface area contributed by atoms with Crippen molar-refractivity contribution in [3.05, 3.63) is 71.8 Å². The lowest BCUT2D eigenvalue weighted by Gasteiger charge is -2.38. The van der Waals surface area contributed by atoms with Crippen molar-refractivity contribution < 1.29 is 5.11 Å². The molecule has 1 aromatic heterocycles. The first-order chi connectivity index (χ1) is 15.1. The highest BCUT2D eigenvalue weighted by Gasteiger charge is 2.22. The fraction of sp³-hybridized carbons (Fsp3) is 0.348. The number of aromatic hydroxyl groups is 1. The number of aliphatic imine (C=N–C) groups is 1. The predicted molar refractivity (Wildman–Crippen MR) is 137 cm³/mol. The molecular formula is C23H30IN7O. The van der Waals surface area contributed by atoms with E-state index in [0.717, 1.165) is 49.5 Å². The Labute approximate surface area is 206 Å². The molecule has 1 fully saturated rings. The van der Waals surface area contributed by atoms with Crippen molar-refractivity contribution in [2.75, 3.05) is 31.1 Å². The van der Waals surface area contributed by atoms with Crippen molar-refractivity contribution in [3.63, 3.8) is 0 Å². The van der Waals surface area contributed by atoms with E-state index in [1.54, 1.807) is 6.07 Å². The minimum Gasteiger partial charge on any atom is -0.506 e. The van der Waals surface area contributed by atoms with E-state index in [2.05, 4.69) is 37.4 Å². The number of phenolic OH excluding ortho intramolecular Hbond substituents is 1. The number of para-hydroxylation sites is 2. The second kappa shape index (κ2) is 11.2. The average molecular weight is 547 g/mol. The second-order valence-electron chi connectivity index (χ2n) is 7.66. The first kappa shape index (κ1) is 23.8. The lowest BCUT2D eigenvalue weighted by molar-refractivity contribution is 0.368. The van der Waals surface area contributed by atoms with Gasteiger partial charge in [-0.3, -0.25) is 0 Å². The molecule has 2 N–H and O–H groups in total. The summed E-state index contributed by atoms with van der Waals surface area (Å²) < 4.78 is 1.98. The fourth-order valence-electron chi connectivity index (χ4n) is 3.67. The van der Waals surface area contributed by atoms with Crippen LogP contribution in [0.5, 0.6) is 5.75 Å². The molecule has 0 atom stereocenters. The van der Waals surface area contributed by atoms with Crippen LogP contribution in [0, 0.1) is 6.92 Å². The van der Waals surface area contributed by atoms with Crippen LogP contribution in [0.4, 0.5) is 5.69 Å². The Balaban J connectivity index is 0.00000289. The Morgan fingerprint density at radius 1 is 1.00 bits per heavy atom. The molecule has 0 spiro atoms. The number of aryl methyl sites for hydroxylation is 1. The fourth-order valence-corrected chi connectivity index (χ4v) is 3.67. The van der Waals surface area contributed by atoms with Gasteiger partial charge in [-0.15, -0.1) is 34.2 Å². The van der Waals surface area contributed by atoms with Gasteiger partial charge in [0.2, 0.25) is 0 Å². The van der Waals surface area contributed by atoms with Gasteiger partial charge < -0.3 is 24.8 Å². The van der Waals surface area contributed by atoms with Gasteiger partial charge in [0.25, 0.3) is 0 Å². The molecule has 3 aromatic rings. The molecule has 0 unspecified atom stereocenters. The van der Waals surface area contributed by atoms with Gasteiger partial charge in [-0.1, -0.05) is 42.5 Å². The third-order valence-electron chi connectivity index (χ3n) is 5.64. The van der Waals surface area contributed by atoms with Crippen molar-refractivity contribution in [1.82, 2.24) is 25.0 Å². The molecule has 0 saturated carbocycles. The number of nitrogens with zero attached hydrogens (tertiary/aromatic N) is 6. The zero-order valence-electron chi connectivity index (χ0n) is 18.5. The number of piperazine rings is 1. The van der Waals surface area contributed by atoms with Crippen molar-refractivity contribution in [2.45, 2.75) is 20.0 Å². The number of aromatic nitrogens is 3. The molecule has 0 bridgehead atoms. The lowest BCUT2D eigenvalue weighted by Crippen LogP contribution is -2.52. The van der Waals surface area contributed by atoms with Crippen LogP contribution in [0.25, 0.3) is 0 Å². The molecule has 32 heavy (non-hydrogen) atoms. The zero-order chi connectivity index (χ0) is 21.6. The molecule has 1 aliphatic rings. The van der Waals surface area contributed by atoms with E-state index in [4.69, 9.17) is 4.99 Å². The maximum atomic E-state index is 10.2. The molecule has 0 radical (unpaired) electrons. The Kier molecular flexibility index (Phi) is 8.32. The highest BCUT2D eigenvalue weighted by Crippen LogP contribution is 2.27. The molecule has 1 aliphatic heterocycles. The minimum absolute atomic E-state index is 0. The average Bonchev–Trinajstić information content (AvgIpc) is 3.13. The first-order valence-corrected chi connectivity index (χ1v) is 10.6. The first-order valence-electron chi connectivity index (χ1n) is 10.6. The molecule has 1 saturated heterocycles. The summed E-state index contributed by atoms with van der Waals surface area (Å²) in [6.07, 6.45) is 0. The third kappa shape index (κ3) is 5.70. The Bertz CT molecular complexity index is 1030. The van der Waals surface area contributed by atoms with Crippen molar-refractivity contribution >= 4 is 35.6 Å². The van der Waals surface area contributed by atoms with E-state index in [-0.39, 0.29) is 24.0 Å². The van der Waals surface area contributed by atoms with Crippen molar-refractivity contribution in [2.24, 2.45) is 12.0 Å². The van der Waals surface area contributed by atoms with E-state index in [1.807, 2.05) is 54.9 Å². The lowest BCUT2D eigenvalue weighted by atomic mass is 10.2. The molecule has 170 valence electrons. The van der Waals surface area contributed by atoms with Crippen LogP contribution in [0.15, 0.2) is 59.6 Å². The topological polar surface area (TPSA) is 81.8 Å². The maximum Gasteiger partial charge on any atom is 0.194 e. The summed E-state index contributed by atoms with van der Waals surface area (Å²) in [5, 5.41) is 22.1. The highest BCUT2D eigenvalue weighted by molar-refractivity contribution is 14.0. The van der Waals surface area contributed by atoms with Crippen molar-refractivity contribution in [1.29, 1.82) is 0 Å².